The Balaban J connectivity index is 1.85. The highest BCUT2D eigenvalue weighted by Gasteiger charge is 2.46. The van der Waals surface area contributed by atoms with Crippen LogP contribution in [-0.4, -0.2) is 31.6 Å². The molecule has 3 aromatic rings. The maximum atomic E-state index is 12.9. The van der Waals surface area contributed by atoms with E-state index in [0.29, 0.717) is 16.7 Å². The van der Waals surface area contributed by atoms with Crippen molar-refractivity contribution in [2.45, 2.75) is 12.6 Å². The lowest BCUT2D eigenvalue weighted by Crippen LogP contribution is -2.29. The van der Waals surface area contributed by atoms with Crippen LogP contribution < -0.4 is 0 Å². The first-order chi connectivity index (χ1) is 15.0. The van der Waals surface area contributed by atoms with Gasteiger partial charge in [0.2, 0.25) is 0 Å². The van der Waals surface area contributed by atoms with E-state index < -0.39 is 22.7 Å². The summed E-state index contributed by atoms with van der Waals surface area (Å²) in [5.74, 6) is -1.87. The number of pyridine rings is 1. The molecule has 8 nitrogen and oxygen atoms in total. The van der Waals surface area contributed by atoms with E-state index in [4.69, 9.17) is 0 Å². The van der Waals surface area contributed by atoms with Gasteiger partial charge in [-0.15, -0.1) is 0 Å². The molecule has 2 heterocycles. The summed E-state index contributed by atoms with van der Waals surface area (Å²) in [6.45, 7) is 0.0889. The lowest BCUT2D eigenvalue weighted by atomic mass is 9.95. The van der Waals surface area contributed by atoms with Crippen molar-refractivity contribution in [3.63, 3.8) is 0 Å². The zero-order valence-corrected chi connectivity index (χ0v) is 16.2. The first-order valence-electron chi connectivity index (χ1n) is 9.44. The molecule has 1 fully saturated rings. The van der Waals surface area contributed by atoms with Crippen molar-refractivity contribution in [1.29, 1.82) is 0 Å². The fraction of sp³-hybridized carbons (Fsp3) is 0.0870. The SMILES string of the molecule is O=C1C(=O)N(Cc2cccnc2)[C@H](c2ccc([N+](=O)[O-])cc2)/C1=C(\O)c1ccccc1. The molecule has 8 heteroatoms. The van der Waals surface area contributed by atoms with Crippen LogP contribution in [0.5, 0.6) is 0 Å². The highest BCUT2D eigenvalue weighted by atomic mass is 16.6. The van der Waals surface area contributed by atoms with Gasteiger partial charge in [-0.2, -0.15) is 0 Å². The van der Waals surface area contributed by atoms with E-state index in [1.54, 1.807) is 54.9 Å². The fourth-order valence-corrected chi connectivity index (χ4v) is 3.61. The number of benzene rings is 2. The molecule has 0 aliphatic carbocycles. The van der Waals surface area contributed by atoms with E-state index in [1.807, 2.05) is 0 Å². The predicted molar refractivity (Wildman–Crippen MR) is 112 cm³/mol. The number of nitro groups is 1. The number of nitrogens with zero attached hydrogens (tertiary/aromatic N) is 3. The van der Waals surface area contributed by atoms with Crippen LogP contribution in [0.1, 0.15) is 22.7 Å². The molecule has 1 amide bonds. The normalized spacial score (nSPS) is 17.7. The number of aliphatic hydroxyl groups excluding tert-OH is 1. The number of nitro benzene ring substituents is 1. The minimum Gasteiger partial charge on any atom is -0.507 e. The van der Waals surface area contributed by atoms with Crippen LogP contribution in [0.4, 0.5) is 5.69 Å². The Kier molecular flexibility index (Phi) is 5.28. The molecular weight excluding hydrogens is 398 g/mol. The summed E-state index contributed by atoms with van der Waals surface area (Å²) in [6, 6.07) is 16.6. The standard InChI is InChI=1S/C23H17N3O5/c27-21(17-6-2-1-3-7-17)19-20(16-8-10-18(11-9-16)26(30)31)25(23(29)22(19)28)14-15-5-4-12-24-13-15/h1-13,20,27H,14H2/b21-19+/t20-/m1/s1. The zero-order valence-electron chi connectivity index (χ0n) is 16.2. The molecule has 1 atom stereocenters. The summed E-state index contributed by atoms with van der Waals surface area (Å²) in [4.78, 5) is 41.8. The molecule has 0 spiro atoms. The second-order valence-corrected chi connectivity index (χ2v) is 7.00. The van der Waals surface area contributed by atoms with E-state index in [-0.39, 0.29) is 23.6 Å². The van der Waals surface area contributed by atoms with Crippen molar-refractivity contribution in [2.24, 2.45) is 0 Å². The Labute approximate surface area is 177 Å². The number of carbonyl (C=O) groups is 2. The number of aromatic nitrogens is 1. The van der Waals surface area contributed by atoms with Gasteiger partial charge in [0.05, 0.1) is 16.5 Å². The number of likely N-dealkylation sites (tertiary alicyclic amines) is 1. The third kappa shape index (κ3) is 3.78. The smallest absolute Gasteiger partial charge is 0.295 e. The van der Waals surface area contributed by atoms with Gasteiger partial charge >= 0.3 is 0 Å². The van der Waals surface area contributed by atoms with E-state index in [2.05, 4.69) is 4.98 Å². The van der Waals surface area contributed by atoms with Crippen LogP contribution in [-0.2, 0) is 16.1 Å². The van der Waals surface area contributed by atoms with Gasteiger partial charge < -0.3 is 10.0 Å². The number of ketones is 1. The molecule has 0 bridgehead atoms. The number of hydrogen-bond acceptors (Lipinski definition) is 6. The number of amides is 1. The third-order valence-electron chi connectivity index (χ3n) is 5.08. The summed E-state index contributed by atoms with van der Waals surface area (Å²) < 4.78 is 0. The van der Waals surface area contributed by atoms with E-state index in [1.165, 1.54) is 29.2 Å². The maximum Gasteiger partial charge on any atom is 0.295 e. The lowest BCUT2D eigenvalue weighted by Gasteiger charge is -2.25. The van der Waals surface area contributed by atoms with Crippen molar-refractivity contribution in [1.82, 2.24) is 9.88 Å². The molecule has 4 rings (SSSR count). The van der Waals surface area contributed by atoms with E-state index >= 15 is 0 Å². The van der Waals surface area contributed by atoms with Crippen LogP contribution >= 0.6 is 0 Å². The average Bonchev–Trinajstić information content (AvgIpc) is 3.05. The maximum absolute atomic E-state index is 12.9. The molecule has 31 heavy (non-hydrogen) atoms. The first-order valence-corrected chi connectivity index (χ1v) is 9.44. The van der Waals surface area contributed by atoms with Crippen LogP contribution in [0.25, 0.3) is 5.76 Å². The molecule has 1 aromatic heterocycles. The van der Waals surface area contributed by atoms with Crippen LogP contribution in [0, 0.1) is 10.1 Å². The Morgan fingerprint density at radius 3 is 2.35 bits per heavy atom. The molecule has 0 radical (unpaired) electrons. The summed E-state index contributed by atoms with van der Waals surface area (Å²) >= 11 is 0. The minimum absolute atomic E-state index is 0.0612. The van der Waals surface area contributed by atoms with Gasteiger partial charge in [0.25, 0.3) is 17.4 Å². The lowest BCUT2D eigenvalue weighted by molar-refractivity contribution is -0.384. The molecular formula is C23H17N3O5. The molecule has 0 unspecified atom stereocenters. The van der Waals surface area contributed by atoms with E-state index in [9.17, 15) is 24.8 Å². The Morgan fingerprint density at radius 2 is 1.74 bits per heavy atom. The highest BCUT2D eigenvalue weighted by molar-refractivity contribution is 6.46. The van der Waals surface area contributed by atoms with Crippen molar-refractivity contribution in [2.75, 3.05) is 0 Å². The van der Waals surface area contributed by atoms with Crippen LogP contribution in [0.3, 0.4) is 0 Å². The van der Waals surface area contributed by atoms with Crippen molar-refractivity contribution >= 4 is 23.1 Å². The highest BCUT2D eigenvalue weighted by Crippen LogP contribution is 2.40. The van der Waals surface area contributed by atoms with Crippen molar-refractivity contribution in [3.8, 4) is 0 Å². The van der Waals surface area contributed by atoms with Crippen molar-refractivity contribution in [3.05, 3.63) is 112 Å². The quantitative estimate of drug-likeness (QED) is 0.224. The average molecular weight is 415 g/mol. The van der Waals surface area contributed by atoms with Crippen LogP contribution in [0.2, 0.25) is 0 Å². The molecule has 1 saturated heterocycles. The molecule has 1 N–H and O–H groups in total. The summed E-state index contributed by atoms with van der Waals surface area (Å²) in [5, 5.41) is 22.0. The van der Waals surface area contributed by atoms with Crippen LogP contribution in [0.15, 0.2) is 84.7 Å². The molecule has 2 aromatic carbocycles. The topological polar surface area (TPSA) is 114 Å². The number of carbonyl (C=O) groups excluding carboxylic acids is 2. The van der Waals surface area contributed by atoms with Crippen molar-refractivity contribution < 1.29 is 19.6 Å². The number of Topliss-reactive ketones (excluding diaryl/α,β-unsaturated/α-hetero) is 1. The summed E-state index contributed by atoms with van der Waals surface area (Å²) in [5.41, 5.74) is 1.40. The van der Waals surface area contributed by atoms with Gasteiger partial charge in [-0.25, -0.2) is 0 Å². The fourth-order valence-electron chi connectivity index (χ4n) is 3.61. The summed E-state index contributed by atoms with van der Waals surface area (Å²) in [6.07, 6.45) is 3.18. The second kappa shape index (κ2) is 8.19. The predicted octanol–water partition coefficient (Wildman–Crippen LogP) is 3.61. The number of hydrogen-bond donors (Lipinski definition) is 1. The largest absolute Gasteiger partial charge is 0.507 e. The van der Waals surface area contributed by atoms with Gasteiger partial charge in [0.15, 0.2) is 0 Å². The number of rotatable bonds is 5. The van der Waals surface area contributed by atoms with Gasteiger partial charge in [-0.1, -0.05) is 36.4 Å². The molecule has 154 valence electrons. The molecule has 0 saturated carbocycles. The van der Waals surface area contributed by atoms with E-state index in [0.717, 1.165) is 0 Å². The third-order valence-corrected chi connectivity index (χ3v) is 5.08. The number of non-ortho nitro benzene ring substituents is 1. The van der Waals surface area contributed by atoms with Gasteiger partial charge in [-0.05, 0) is 29.3 Å². The second-order valence-electron chi connectivity index (χ2n) is 7.00. The first kappa shape index (κ1) is 20.0. The van der Waals surface area contributed by atoms with Gasteiger partial charge in [0, 0.05) is 36.6 Å². The molecule has 1 aliphatic heterocycles. The van der Waals surface area contributed by atoms with Gasteiger partial charge in [-0.3, -0.25) is 24.7 Å². The Bertz CT molecular complexity index is 1170. The summed E-state index contributed by atoms with van der Waals surface area (Å²) in [7, 11) is 0. The zero-order chi connectivity index (χ0) is 22.0. The Hall–Kier alpha value is -4.33. The Morgan fingerprint density at radius 1 is 1.03 bits per heavy atom. The molecule has 1 aliphatic rings. The minimum atomic E-state index is -0.902. The van der Waals surface area contributed by atoms with Gasteiger partial charge in [0.1, 0.15) is 5.76 Å². The monoisotopic (exact) mass is 415 g/mol. The number of aliphatic hydroxyl groups is 1.